The topological polar surface area (TPSA) is 256 Å². The average molecular weight is 1330 g/mol. The van der Waals surface area contributed by atoms with Gasteiger partial charge in [0.1, 0.15) is 27.9 Å². The van der Waals surface area contributed by atoms with Crippen molar-refractivity contribution in [2.24, 2.45) is 49.8 Å². The molecule has 0 unspecified atom stereocenters. The largest absolute Gasteiger partial charge is 0.348 e. The maximum absolute atomic E-state index is 10.2. The molecule has 6 N–H and O–H groups in total. The molecular formula is C79H122N16O2. The lowest BCUT2D eigenvalue weighted by atomic mass is 9.96. The molecule has 0 spiro atoms. The van der Waals surface area contributed by atoms with Crippen LogP contribution in [0.1, 0.15) is 261 Å². The van der Waals surface area contributed by atoms with Gasteiger partial charge in [0, 0.05) is 97.0 Å². The van der Waals surface area contributed by atoms with Gasteiger partial charge in [0.2, 0.25) is 11.1 Å². The molecule has 0 bridgehead atoms. The van der Waals surface area contributed by atoms with E-state index in [1.165, 1.54) is 62.6 Å². The highest BCUT2D eigenvalue weighted by molar-refractivity contribution is 5.90. The fourth-order valence-electron chi connectivity index (χ4n) is 8.00. The summed E-state index contributed by atoms with van der Waals surface area (Å²) in [5.74, 6) is 8.02. The number of pyridine rings is 2. The van der Waals surface area contributed by atoms with E-state index in [1.807, 2.05) is 43.1 Å². The quantitative estimate of drug-likeness (QED) is 0.0808. The molecule has 0 aliphatic carbocycles. The first kappa shape index (κ1) is 86.2. The third kappa shape index (κ3) is 36.2. The predicted molar refractivity (Wildman–Crippen MR) is 412 cm³/mol. The number of H-pyrrole nitrogens is 6. The van der Waals surface area contributed by atoms with E-state index in [4.69, 9.17) is 0 Å². The van der Waals surface area contributed by atoms with E-state index >= 15 is 0 Å². The molecular weight excluding hydrogens is 1200 g/mol. The molecule has 0 radical (unpaired) electrons. The summed E-state index contributed by atoms with van der Waals surface area (Å²) in [7, 11) is 0. The summed E-state index contributed by atoms with van der Waals surface area (Å²) < 4.78 is 0. The van der Waals surface area contributed by atoms with Crippen molar-refractivity contribution in [3.8, 4) is 0 Å². The first-order chi connectivity index (χ1) is 45.4. The second-order valence-corrected chi connectivity index (χ2v) is 27.7. The maximum atomic E-state index is 10.2. The molecule has 97 heavy (non-hydrogen) atoms. The van der Waals surface area contributed by atoms with Crippen LogP contribution in [0.4, 0.5) is 5.69 Å². The van der Waals surface area contributed by atoms with Gasteiger partial charge in [-0.15, -0.1) is 0 Å². The summed E-state index contributed by atoms with van der Waals surface area (Å²) >= 11 is 0. The van der Waals surface area contributed by atoms with Crippen LogP contribution in [0.3, 0.4) is 0 Å². The molecule has 3 aliphatic heterocycles. The first-order valence-electron chi connectivity index (χ1n) is 34.3. The van der Waals surface area contributed by atoms with E-state index in [2.05, 4.69) is 290 Å². The van der Waals surface area contributed by atoms with Crippen LogP contribution in [0, 0.1) is 29.6 Å². The van der Waals surface area contributed by atoms with E-state index < -0.39 is 0 Å². The number of nitrogens with zero attached hydrogens (tertiary/aromatic N) is 10. The Labute approximate surface area is 581 Å². The molecule has 0 fully saturated rings. The fraction of sp³-hybridized carbons (Fsp3) is 0.494. The van der Waals surface area contributed by atoms with Gasteiger partial charge in [-0.05, 0) is 129 Å². The standard InChI is InChI=1S/C10H12N2.C10H17N.2C9H11N3.C9H16N2.C7H11N.C6H10N2.2C5H5NO.2C4H10.CH4/c1-7(2)8-3-4-10-9(5-8)6-11-12-10;1-7(2)9-5-10(8(3)4)11-6-9;2*1-6(2)7-3-4-8-9(5-7)11-12-10-8;1-6(2)8-5-10-9(11-8)7(3)4;1-6(2)7-3-4-8-5-7;1-5(2)6-3-7-4-8-6;2*7-5-3-1-2-4-6-5;2*1-4(2)3;/h3-5,7H,6H2,1-2H3;6-8H,5H2,1-4H3;2*3-6H,1-2H3,(H,10,11,12);5-7H,1-4H3,(H,10,11);4-6H,3H2,1-2H3;3-5H,1-2H3,(H,7,8);2*1-4H,(H,6,7);2*4H,1-3H3;1H4. The van der Waals surface area contributed by atoms with Crippen molar-refractivity contribution in [2.45, 2.75) is 228 Å². The Balaban J connectivity index is 0.000000541. The normalized spacial score (nSPS) is 12.1. The smallest absolute Gasteiger partial charge is 0.247 e. The Kier molecular flexibility index (Phi) is 41.9. The zero-order valence-electron chi connectivity index (χ0n) is 62.5. The molecule has 530 valence electrons. The third-order valence-electron chi connectivity index (χ3n) is 14.1. The molecule has 6 aromatic heterocycles. The monoisotopic (exact) mass is 1330 g/mol. The highest BCUT2D eigenvalue weighted by atomic mass is 16.1. The number of hydrogen-bond donors (Lipinski definition) is 6. The highest BCUT2D eigenvalue weighted by Gasteiger charge is 2.15. The second kappa shape index (κ2) is 47.2. The minimum atomic E-state index is -0.0532. The molecule has 0 atom stereocenters. The van der Waals surface area contributed by atoms with E-state index in [1.54, 1.807) is 43.0 Å². The number of azo groups is 1. The molecule has 9 aromatic rings. The van der Waals surface area contributed by atoms with E-state index in [0.29, 0.717) is 53.3 Å². The lowest BCUT2D eigenvalue weighted by Crippen LogP contribution is -2.06. The van der Waals surface area contributed by atoms with Gasteiger partial charge in [-0.3, -0.25) is 19.6 Å². The fourth-order valence-corrected chi connectivity index (χ4v) is 8.00. The van der Waals surface area contributed by atoms with Gasteiger partial charge in [-0.2, -0.15) is 41.0 Å². The minimum absolute atomic E-state index is 0. The lowest BCUT2D eigenvalue weighted by Gasteiger charge is -2.07. The van der Waals surface area contributed by atoms with Crippen LogP contribution < -0.4 is 11.1 Å². The number of aliphatic imine (C=N–C) groups is 2. The van der Waals surface area contributed by atoms with Crippen molar-refractivity contribution in [1.82, 2.24) is 60.7 Å². The van der Waals surface area contributed by atoms with Crippen LogP contribution >= 0.6 is 0 Å². The van der Waals surface area contributed by atoms with Crippen molar-refractivity contribution >= 4 is 39.7 Å². The van der Waals surface area contributed by atoms with Crippen LogP contribution in [0.15, 0.2) is 175 Å². The molecule has 3 aliphatic rings. The predicted octanol–water partition coefficient (Wildman–Crippen LogP) is 21.5. The number of nitrogens with one attached hydrogen (secondary N) is 6. The Morgan fingerprint density at radius 2 is 0.918 bits per heavy atom. The number of imidazole rings is 2. The molecule has 0 amide bonds. The molecule has 18 nitrogen and oxygen atoms in total. The van der Waals surface area contributed by atoms with Crippen molar-refractivity contribution in [1.29, 1.82) is 0 Å². The SMILES string of the molecule is C.CC(C)C.CC(C)C.CC(C)C1=CN=C(C(C)C)C1.CC(C)C1=CN=CC1.CC(C)c1ccc2c(c1)CN=N2.CC(C)c1ccc2n[nH]nc2c1.CC(C)c1ccc2n[nH]nc2c1.CC(C)c1cnc(C(C)C)[nH]1.CC(C)c1cnc[nH]1.O=c1cccc[nH]1.O=c1cccc[nH]1. The molecule has 0 saturated carbocycles. The van der Waals surface area contributed by atoms with Crippen molar-refractivity contribution in [3.05, 3.63) is 206 Å². The summed E-state index contributed by atoms with van der Waals surface area (Å²) in [4.78, 5) is 48.3. The van der Waals surface area contributed by atoms with E-state index in [-0.39, 0.29) is 18.5 Å². The van der Waals surface area contributed by atoms with Crippen molar-refractivity contribution in [2.75, 3.05) is 0 Å². The molecule has 9 heterocycles. The zero-order valence-corrected chi connectivity index (χ0v) is 62.5. The van der Waals surface area contributed by atoms with Crippen LogP contribution in [0.25, 0.3) is 22.1 Å². The molecule has 0 saturated heterocycles. The van der Waals surface area contributed by atoms with Crippen molar-refractivity contribution in [3.63, 3.8) is 0 Å². The second-order valence-electron chi connectivity index (χ2n) is 27.7. The number of rotatable bonds is 9. The summed E-state index contributed by atoms with van der Waals surface area (Å²) in [6, 6.07) is 28.6. The number of aromatic amines is 6. The van der Waals surface area contributed by atoms with Crippen LogP contribution in [-0.2, 0) is 6.54 Å². The summed E-state index contributed by atoms with van der Waals surface area (Å²) in [6.07, 6.45) is 16.8. The van der Waals surface area contributed by atoms with Crippen LogP contribution in [0.2, 0.25) is 0 Å². The number of aromatic nitrogens is 12. The molecule has 12 rings (SSSR count). The van der Waals surface area contributed by atoms with Crippen LogP contribution in [-0.4, -0.2) is 72.7 Å². The van der Waals surface area contributed by atoms with Gasteiger partial charge in [0.05, 0.1) is 18.6 Å². The summed E-state index contributed by atoms with van der Waals surface area (Å²) in [5.41, 5.74) is 16.6. The average Bonchev–Trinajstić information content (AvgIpc) is 1.79. The van der Waals surface area contributed by atoms with E-state index in [0.717, 1.165) is 64.8 Å². The molecule has 18 heteroatoms. The third-order valence-corrected chi connectivity index (χ3v) is 14.1. The van der Waals surface area contributed by atoms with Crippen molar-refractivity contribution < 1.29 is 0 Å². The molecule has 3 aromatic carbocycles. The first-order valence-corrected chi connectivity index (χ1v) is 34.3. The van der Waals surface area contributed by atoms with Gasteiger partial charge in [0.15, 0.2) is 0 Å². The van der Waals surface area contributed by atoms with Gasteiger partial charge in [-0.25, -0.2) is 9.97 Å². The van der Waals surface area contributed by atoms with Gasteiger partial charge in [0.25, 0.3) is 0 Å². The Bertz CT molecular complexity index is 3590. The minimum Gasteiger partial charge on any atom is -0.348 e. The number of fused-ring (bicyclic) bond motifs is 3. The summed E-state index contributed by atoms with van der Waals surface area (Å²) in [6.45, 7) is 53.0. The Hall–Kier alpha value is -8.80. The van der Waals surface area contributed by atoms with E-state index in [9.17, 15) is 9.59 Å². The maximum Gasteiger partial charge on any atom is 0.247 e. The number of hydrogen-bond acceptors (Lipinski definition) is 12. The highest BCUT2D eigenvalue weighted by Crippen LogP contribution is 2.30. The Morgan fingerprint density at radius 1 is 0.443 bits per heavy atom. The lowest BCUT2D eigenvalue weighted by molar-refractivity contribution is 0.736. The number of allylic oxidation sites excluding steroid dienone is 2. The zero-order chi connectivity index (χ0) is 71.9. The Morgan fingerprint density at radius 3 is 1.23 bits per heavy atom. The van der Waals surface area contributed by atoms with Gasteiger partial charge < -0.3 is 19.9 Å². The van der Waals surface area contributed by atoms with Crippen LogP contribution in [0.5, 0.6) is 0 Å². The van der Waals surface area contributed by atoms with Gasteiger partial charge in [-0.1, -0.05) is 210 Å². The summed E-state index contributed by atoms with van der Waals surface area (Å²) in [5, 5.41) is 29.2. The number of benzene rings is 3. The van der Waals surface area contributed by atoms with Gasteiger partial charge >= 0.3 is 0 Å².